The Labute approximate surface area is 130 Å². The first-order valence-corrected chi connectivity index (χ1v) is 7.58. The normalized spacial score (nSPS) is 14.9. The average molecular weight is 360 g/mol. The molecule has 0 spiro atoms. The van der Waals surface area contributed by atoms with Gasteiger partial charge in [-0.1, -0.05) is 28.8 Å². The predicted molar refractivity (Wildman–Crippen MR) is 82.7 cm³/mol. The molecule has 1 aromatic carbocycles. The summed E-state index contributed by atoms with van der Waals surface area (Å²) in [4.78, 5) is 11.8. The minimum absolute atomic E-state index is 0.0376. The van der Waals surface area contributed by atoms with Gasteiger partial charge in [-0.05, 0) is 43.3 Å². The Bertz CT molecular complexity index is 520. The van der Waals surface area contributed by atoms with Crippen molar-refractivity contribution in [1.82, 2.24) is 16.2 Å². The van der Waals surface area contributed by atoms with E-state index in [0.29, 0.717) is 15.6 Å². The van der Waals surface area contributed by atoms with E-state index in [-0.39, 0.29) is 5.56 Å². The van der Waals surface area contributed by atoms with Crippen molar-refractivity contribution in [3.63, 3.8) is 0 Å². The number of halogens is 2. The zero-order valence-corrected chi connectivity index (χ0v) is 13.1. The lowest BCUT2D eigenvalue weighted by Crippen LogP contribution is -2.49. The van der Waals surface area contributed by atoms with Gasteiger partial charge in [-0.2, -0.15) is 0 Å². The number of amides is 1. The maximum absolute atomic E-state index is 13.6. The van der Waals surface area contributed by atoms with Gasteiger partial charge in [0.1, 0.15) is 5.82 Å². The summed E-state index contributed by atoms with van der Waals surface area (Å²) in [6.45, 7) is 0. The Hall–Kier alpha value is -1.21. The number of hydrogen-bond donors (Lipinski definition) is 3. The maximum atomic E-state index is 13.6. The number of hydrogen-bond acceptors (Lipinski definition) is 2. The van der Waals surface area contributed by atoms with Crippen LogP contribution in [-0.4, -0.2) is 17.1 Å². The summed E-state index contributed by atoms with van der Waals surface area (Å²) in [6.07, 6.45) is 4.54. The van der Waals surface area contributed by atoms with E-state index in [0.717, 1.165) is 12.8 Å². The molecule has 0 radical (unpaired) electrons. The first kappa shape index (κ1) is 15.2. The summed E-state index contributed by atoms with van der Waals surface area (Å²) >= 11 is 8.21. The largest absolute Gasteiger partial charge is 0.359 e. The van der Waals surface area contributed by atoms with Crippen LogP contribution in [-0.2, 0) is 0 Å². The van der Waals surface area contributed by atoms with Crippen LogP contribution in [0.25, 0.3) is 0 Å². The van der Waals surface area contributed by atoms with E-state index in [4.69, 9.17) is 12.2 Å². The van der Waals surface area contributed by atoms with Crippen LogP contribution in [0.1, 0.15) is 36.0 Å². The quantitative estimate of drug-likeness (QED) is 0.561. The van der Waals surface area contributed by atoms with Crippen LogP contribution in [0.4, 0.5) is 4.39 Å². The topological polar surface area (TPSA) is 53.2 Å². The van der Waals surface area contributed by atoms with E-state index >= 15 is 0 Å². The van der Waals surface area contributed by atoms with E-state index in [2.05, 4.69) is 32.1 Å². The second kappa shape index (κ2) is 6.99. The molecular formula is C13H15BrFN3OS. The molecular weight excluding hydrogens is 345 g/mol. The van der Waals surface area contributed by atoms with Gasteiger partial charge in [-0.3, -0.25) is 15.6 Å². The Balaban J connectivity index is 1.83. The smallest absolute Gasteiger partial charge is 0.272 e. The highest BCUT2D eigenvalue weighted by Crippen LogP contribution is 2.17. The first-order valence-electron chi connectivity index (χ1n) is 6.38. The van der Waals surface area contributed by atoms with Crippen molar-refractivity contribution < 1.29 is 9.18 Å². The molecule has 0 heterocycles. The fraction of sp³-hybridized carbons (Fsp3) is 0.385. The monoisotopic (exact) mass is 359 g/mol. The highest BCUT2D eigenvalue weighted by molar-refractivity contribution is 9.10. The van der Waals surface area contributed by atoms with Gasteiger partial charge in [0.25, 0.3) is 5.91 Å². The molecule has 4 nitrogen and oxygen atoms in total. The third-order valence-corrected chi connectivity index (χ3v) is 3.87. The minimum Gasteiger partial charge on any atom is -0.359 e. The molecule has 0 aliphatic heterocycles. The molecule has 20 heavy (non-hydrogen) atoms. The van der Waals surface area contributed by atoms with Crippen molar-refractivity contribution in [2.45, 2.75) is 31.7 Å². The molecule has 3 N–H and O–H groups in total. The van der Waals surface area contributed by atoms with Crippen molar-refractivity contribution in [3.8, 4) is 0 Å². The number of rotatable bonds is 2. The summed E-state index contributed by atoms with van der Waals surface area (Å²) in [5.41, 5.74) is 4.94. The highest BCUT2D eigenvalue weighted by atomic mass is 79.9. The van der Waals surface area contributed by atoms with Crippen molar-refractivity contribution >= 4 is 39.2 Å². The molecule has 1 aliphatic rings. The first-order chi connectivity index (χ1) is 9.56. The van der Waals surface area contributed by atoms with Crippen LogP contribution in [0.2, 0.25) is 0 Å². The van der Waals surface area contributed by atoms with Crippen LogP contribution in [0.3, 0.4) is 0 Å². The standard InChI is InChI=1S/C13H15BrFN3OS/c14-8-5-6-10(11(15)7-8)12(19)17-18-13(20)16-9-3-1-2-4-9/h5-7,9H,1-4H2,(H,17,19)(H2,16,18,20). The molecule has 7 heteroatoms. The SMILES string of the molecule is O=C(NNC(=S)NC1CCCC1)c1ccc(Br)cc1F. The van der Waals surface area contributed by atoms with Gasteiger partial charge < -0.3 is 5.32 Å². The average Bonchev–Trinajstić information content (AvgIpc) is 2.89. The summed E-state index contributed by atoms with van der Waals surface area (Å²) in [5, 5.41) is 3.46. The van der Waals surface area contributed by atoms with Crippen LogP contribution in [0, 0.1) is 5.82 Å². The minimum atomic E-state index is -0.589. The molecule has 1 saturated carbocycles. The predicted octanol–water partition coefficient (Wildman–Crippen LogP) is 2.64. The molecule has 1 amide bonds. The lowest BCUT2D eigenvalue weighted by Gasteiger charge is -2.16. The van der Waals surface area contributed by atoms with Gasteiger partial charge >= 0.3 is 0 Å². The van der Waals surface area contributed by atoms with Crippen molar-refractivity contribution in [3.05, 3.63) is 34.1 Å². The molecule has 0 aromatic heterocycles. The number of hydrazine groups is 1. The van der Waals surface area contributed by atoms with E-state index in [1.807, 2.05) is 0 Å². The van der Waals surface area contributed by atoms with E-state index < -0.39 is 11.7 Å². The lowest BCUT2D eigenvalue weighted by atomic mass is 10.2. The number of benzene rings is 1. The molecule has 0 bridgehead atoms. The van der Waals surface area contributed by atoms with Crippen molar-refractivity contribution in [2.75, 3.05) is 0 Å². The second-order valence-electron chi connectivity index (χ2n) is 4.66. The van der Waals surface area contributed by atoms with Crippen LogP contribution < -0.4 is 16.2 Å². The second-order valence-corrected chi connectivity index (χ2v) is 5.98. The molecule has 0 atom stereocenters. The van der Waals surface area contributed by atoms with Crippen molar-refractivity contribution in [1.29, 1.82) is 0 Å². The fourth-order valence-corrected chi connectivity index (χ4v) is 2.70. The van der Waals surface area contributed by atoms with Gasteiger partial charge in [0, 0.05) is 10.5 Å². The Morgan fingerprint density at radius 1 is 1.30 bits per heavy atom. The van der Waals surface area contributed by atoms with Gasteiger partial charge in [0.2, 0.25) is 0 Å². The molecule has 1 fully saturated rings. The Morgan fingerprint density at radius 2 is 2.00 bits per heavy atom. The number of thiocarbonyl (C=S) groups is 1. The van der Waals surface area contributed by atoms with Crippen LogP contribution >= 0.6 is 28.1 Å². The summed E-state index contributed by atoms with van der Waals surface area (Å²) in [6, 6.07) is 4.61. The van der Waals surface area contributed by atoms with Gasteiger partial charge in [-0.15, -0.1) is 0 Å². The van der Waals surface area contributed by atoms with Crippen LogP contribution in [0.5, 0.6) is 0 Å². The van der Waals surface area contributed by atoms with E-state index in [9.17, 15) is 9.18 Å². The summed E-state index contributed by atoms with van der Waals surface area (Å²) in [7, 11) is 0. The summed E-state index contributed by atoms with van der Waals surface area (Å²) in [5.74, 6) is -1.15. The van der Waals surface area contributed by atoms with E-state index in [1.54, 1.807) is 6.07 Å². The van der Waals surface area contributed by atoms with Crippen molar-refractivity contribution in [2.24, 2.45) is 0 Å². The van der Waals surface area contributed by atoms with E-state index in [1.165, 1.54) is 25.0 Å². The third-order valence-electron chi connectivity index (χ3n) is 3.16. The molecule has 1 aliphatic carbocycles. The number of nitrogens with one attached hydrogen (secondary N) is 3. The molecule has 108 valence electrons. The van der Waals surface area contributed by atoms with Gasteiger partial charge in [0.15, 0.2) is 5.11 Å². The molecule has 1 aromatic rings. The van der Waals surface area contributed by atoms with Gasteiger partial charge in [-0.25, -0.2) is 4.39 Å². The number of carbonyl (C=O) groups excluding carboxylic acids is 1. The Kier molecular flexibility index (Phi) is 5.31. The highest BCUT2D eigenvalue weighted by Gasteiger charge is 2.16. The number of carbonyl (C=O) groups is 1. The lowest BCUT2D eigenvalue weighted by molar-refractivity contribution is 0.0939. The molecule has 0 saturated heterocycles. The Morgan fingerprint density at radius 3 is 2.65 bits per heavy atom. The fourth-order valence-electron chi connectivity index (χ4n) is 2.15. The third kappa shape index (κ3) is 4.14. The van der Waals surface area contributed by atoms with Crippen LogP contribution in [0.15, 0.2) is 22.7 Å². The van der Waals surface area contributed by atoms with Gasteiger partial charge in [0.05, 0.1) is 5.56 Å². The zero-order valence-electron chi connectivity index (χ0n) is 10.7. The maximum Gasteiger partial charge on any atom is 0.272 e. The molecule has 0 unspecified atom stereocenters. The summed E-state index contributed by atoms with van der Waals surface area (Å²) < 4.78 is 14.2. The zero-order chi connectivity index (χ0) is 14.5. The molecule has 2 rings (SSSR count).